The molecule has 242 valence electrons. The molecule has 0 aliphatic carbocycles. The molecule has 0 saturated carbocycles. The van der Waals surface area contributed by atoms with Gasteiger partial charge in [0.1, 0.15) is 23.1 Å². The monoisotopic (exact) mass is 643 g/mol. The van der Waals surface area contributed by atoms with E-state index in [1.54, 1.807) is 24.3 Å². The van der Waals surface area contributed by atoms with Crippen LogP contribution in [0.15, 0.2) is 60.7 Å². The lowest BCUT2D eigenvalue weighted by molar-refractivity contribution is -0.114. The molecule has 1 fully saturated rings. The number of nitrogens with zero attached hydrogens (tertiary/aromatic N) is 1. The van der Waals surface area contributed by atoms with Crippen molar-refractivity contribution in [2.24, 2.45) is 0 Å². The van der Waals surface area contributed by atoms with Crippen molar-refractivity contribution in [2.45, 2.75) is 64.6 Å². The highest BCUT2D eigenvalue weighted by Crippen LogP contribution is 2.28. The molecule has 3 aromatic carbocycles. The van der Waals surface area contributed by atoms with Gasteiger partial charge in [-0.1, -0.05) is 31.9 Å². The van der Waals surface area contributed by atoms with Gasteiger partial charge in [-0.15, -0.1) is 0 Å². The lowest BCUT2D eigenvalue weighted by Crippen LogP contribution is -2.50. The zero-order valence-corrected chi connectivity index (χ0v) is 26.3. The first-order chi connectivity index (χ1) is 21.4. The van der Waals surface area contributed by atoms with Gasteiger partial charge in [0.05, 0.1) is 17.6 Å². The van der Waals surface area contributed by atoms with E-state index in [0.717, 1.165) is 56.7 Å². The van der Waals surface area contributed by atoms with Crippen LogP contribution in [-0.2, 0) is 21.4 Å². The van der Waals surface area contributed by atoms with E-state index in [0.29, 0.717) is 29.7 Å². The predicted octanol–water partition coefficient (Wildman–Crippen LogP) is 6.43. The van der Waals surface area contributed by atoms with Gasteiger partial charge in [-0.3, -0.25) is 14.4 Å². The summed E-state index contributed by atoms with van der Waals surface area (Å²) in [7, 11) is -3.35. The van der Waals surface area contributed by atoms with Crippen LogP contribution in [0.1, 0.15) is 51.5 Å². The summed E-state index contributed by atoms with van der Waals surface area (Å²) in [5.74, 6) is -1.16. The third-order valence-electron chi connectivity index (χ3n) is 7.38. The number of anilines is 3. The number of sulfonamides is 1. The molecule has 0 aromatic heterocycles. The molecule has 1 saturated heterocycles. The fourth-order valence-corrected chi connectivity index (χ4v) is 5.86. The summed E-state index contributed by atoms with van der Waals surface area (Å²) >= 11 is 0. The number of unbranched alkanes of at least 4 members (excludes halogenated alkanes) is 1. The number of urea groups is 1. The maximum Gasteiger partial charge on any atom is 0.319 e. The Kier molecular flexibility index (Phi) is 11.3. The van der Waals surface area contributed by atoms with Crippen molar-refractivity contribution in [1.82, 2.24) is 10.2 Å². The molecule has 10 nitrogen and oxygen atoms in total. The quantitative estimate of drug-likeness (QED) is 0.180. The van der Waals surface area contributed by atoms with Gasteiger partial charge in [-0.05, 0) is 67.3 Å². The van der Waals surface area contributed by atoms with E-state index in [9.17, 15) is 26.8 Å². The minimum absolute atomic E-state index is 0.128. The summed E-state index contributed by atoms with van der Waals surface area (Å²) in [6, 6.07) is 15.6. The Hall–Kier alpha value is -4.23. The lowest BCUT2D eigenvalue weighted by atomic mass is 9.93. The third-order valence-corrected chi connectivity index (χ3v) is 7.99. The van der Waals surface area contributed by atoms with E-state index in [4.69, 9.17) is 4.74 Å². The second-order valence-corrected chi connectivity index (χ2v) is 13.0. The van der Waals surface area contributed by atoms with E-state index in [-0.39, 0.29) is 23.5 Å². The molecule has 3 amide bonds. The number of benzene rings is 3. The van der Waals surface area contributed by atoms with Crippen LogP contribution in [0.4, 0.5) is 30.6 Å². The summed E-state index contributed by atoms with van der Waals surface area (Å²) in [5, 5.41) is 7.66. The molecule has 3 aromatic rings. The minimum Gasteiger partial charge on any atom is -0.457 e. The van der Waals surface area contributed by atoms with Crippen molar-refractivity contribution in [3.63, 3.8) is 0 Å². The van der Waals surface area contributed by atoms with Crippen molar-refractivity contribution < 1.29 is 31.5 Å². The molecule has 0 bridgehead atoms. The number of carbonyl (C=O) groups excluding carboxylic acids is 2. The Morgan fingerprint density at radius 3 is 2.18 bits per heavy atom. The van der Waals surface area contributed by atoms with Gasteiger partial charge >= 0.3 is 6.03 Å². The number of nitrogens with one attached hydrogen (secondary N) is 4. The highest BCUT2D eigenvalue weighted by atomic mass is 32.2. The summed E-state index contributed by atoms with van der Waals surface area (Å²) in [6.45, 7) is 4.83. The predicted molar refractivity (Wildman–Crippen MR) is 171 cm³/mol. The molecule has 45 heavy (non-hydrogen) atoms. The number of likely N-dealkylation sites (tertiary alicyclic amines) is 1. The van der Waals surface area contributed by atoms with Gasteiger partial charge in [0, 0.05) is 43.9 Å². The standard InChI is InChI=1S/C32H39F2N5O5S/c1-4-5-6-25-17-24(36-32(41)37-31-19-30(35-21(2)40)28(33)18-29(31)34)15-16-39(25)20-22-7-11-26(12-8-22)44-27-13-9-23(10-14-27)38-45(3,42)43/h7-14,18-19,24-25,38H,4-6,15-17,20H2,1-3H3,(H,35,40)(H2,36,37,41). The highest BCUT2D eigenvalue weighted by Gasteiger charge is 2.29. The number of ether oxygens (including phenoxy) is 1. The number of carbonyl (C=O) groups is 2. The smallest absolute Gasteiger partial charge is 0.319 e. The molecular formula is C32H39F2N5O5S. The fourth-order valence-electron chi connectivity index (χ4n) is 5.29. The first kappa shape index (κ1) is 33.7. The largest absolute Gasteiger partial charge is 0.457 e. The second-order valence-electron chi connectivity index (χ2n) is 11.2. The van der Waals surface area contributed by atoms with E-state index >= 15 is 0 Å². The molecule has 0 spiro atoms. The summed E-state index contributed by atoms with van der Waals surface area (Å²) in [5.41, 5.74) is 1.12. The van der Waals surface area contributed by atoms with Crippen molar-refractivity contribution in [2.75, 3.05) is 28.2 Å². The number of halogens is 2. The maximum atomic E-state index is 14.3. The Morgan fingerprint density at radius 2 is 1.58 bits per heavy atom. The average molecular weight is 644 g/mol. The van der Waals surface area contributed by atoms with Crippen LogP contribution in [0.25, 0.3) is 0 Å². The van der Waals surface area contributed by atoms with E-state index in [1.807, 2.05) is 24.3 Å². The van der Waals surface area contributed by atoms with Crippen LogP contribution in [0.5, 0.6) is 11.5 Å². The first-order valence-corrected chi connectivity index (χ1v) is 16.7. The third kappa shape index (κ3) is 10.4. The molecule has 13 heteroatoms. The molecule has 4 N–H and O–H groups in total. The summed E-state index contributed by atoms with van der Waals surface area (Å²) in [6.07, 6.45) is 5.57. The zero-order valence-electron chi connectivity index (χ0n) is 25.5. The van der Waals surface area contributed by atoms with Gasteiger partial charge in [-0.2, -0.15) is 0 Å². The molecule has 4 rings (SSSR count). The summed E-state index contributed by atoms with van der Waals surface area (Å²) < 4.78 is 59.5. The van der Waals surface area contributed by atoms with Gasteiger partial charge in [-0.25, -0.2) is 22.0 Å². The number of amides is 3. The van der Waals surface area contributed by atoms with Crippen LogP contribution in [0.3, 0.4) is 0 Å². The summed E-state index contributed by atoms with van der Waals surface area (Å²) in [4.78, 5) is 26.5. The molecule has 1 heterocycles. The lowest BCUT2D eigenvalue weighted by Gasteiger charge is -2.40. The van der Waals surface area contributed by atoms with Crippen LogP contribution in [-0.4, -0.2) is 50.1 Å². The topological polar surface area (TPSA) is 129 Å². The van der Waals surface area contributed by atoms with E-state index in [2.05, 4.69) is 32.5 Å². The van der Waals surface area contributed by atoms with Gasteiger partial charge < -0.3 is 20.7 Å². The Balaban J connectivity index is 1.33. The molecule has 2 unspecified atom stereocenters. The van der Waals surface area contributed by atoms with Gasteiger partial charge in [0.25, 0.3) is 0 Å². The van der Waals surface area contributed by atoms with Gasteiger partial charge in [0.2, 0.25) is 15.9 Å². The van der Waals surface area contributed by atoms with Crippen molar-refractivity contribution in [1.29, 1.82) is 0 Å². The highest BCUT2D eigenvalue weighted by molar-refractivity contribution is 7.92. The molecule has 1 aliphatic heterocycles. The van der Waals surface area contributed by atoms with Gasteiger partial charge in [0.15, 0.2) is 0 Å². The first-order valence-electron chi connectivity index (χ1n) is 14.8. The van der Waals surface area contributed by atoms with Crippen LogP contribution in [0.2, 0.25) is 0 Å². The number of hydrogen-bond donors (Lipinski definition) is 4. The normalized spacial score (nSPS) is 16.9. The number of rotatable bonds is 12. The molecule has 0 radical (unpaired) electrons. The maximum absolute atomic E-state index is 14.3. The number of hydrogen-bond acceptors (Lipinski definition) is 6. The second kappa shape index (κ2) is 15.2. The van der Waals surface area contributed by atoms with Crippen LogP contribution < -0.4 is 25.4 Å². The minimum atomic E-state index is -3.35. The zero-order chi connectivity index (χ0) is 32.6. The fraction of sp³-hybridized carbons (Fsp3) is 0.375. The van der Waals surface area contributed by atoms with Crippen LogP contribution >= 0.6 is 0 Å². The average Bonchev–Trinajstić information content (AvgIpc) is 2.96. The van der Waals surface area contributed by atoms with Crippen molar-refractivity contribution >= 4 is 39.0 Å². The SMILES string of the molecule is CCCCC1CC(NC(=O)Nc2cc(NC(C)=O)c(F)cc2F)CCN1Cc1ccc(Oc2ccc(NS(C)(=O)=O)cc2)cc1. The van der Waals surface area contributed by atoms with Crippen molar-refractivity contribution in [3.8, 4) is 11.5 Å². The molecule has 1 aliphatic rings. The molecular weight excluding hydrogens is 604 g/mol. The Bertz CT molecular complexity index is 1590. The van der Waals surface area contributed by atoms with E-state index < -0.39 is 33.6 Å². The van der Waals surface area contributed by atoms with E-state index in [1.165, 1.54) is 6.92 Å². The van der Waals surface area contributed by atoms with Crippen LogP contribution in [0, 0.1) is 11.6 Å². The Labute approximate surface area is 262 Å². The van der Waals surface area contributed by atoms with Crippen molar-refractivity contribution in [3.05, 3.63) is 77.9 Å². The Morgan fingerprint density at radius 1 is 0.956 bits per heavy atom. The number of piperidine rings is 1. The molecule has 2 atom stereocenters.